The van der Waals surface area contributed by atoms with E-state index in [0.29, 0.717) is 0 Å². The Labute approximate surface area is 129 Å². The maximum atomic E-state index is 13.7. The van der Waals surface area contributed by atoms with Crippen molar-refractivity contribution in [2.24, 2.45) is 0 Å². The molecule has 0 spiro atoms. The van der Waals surface area contributed by atoms with Crippen molar-refractivity contribution in [1.29, 1.82) is 0 Å². The highest BCUT2D eigenvalue weighted by Gasteiger charge is 2.22. The predicted molar refractivity (Wildman–Crippen MR) is 81.2 cm³/mol. The molecule has 21 heavy (non-hydrogen) atoms. The summed E-state index contributed by atoms with van der Waals surface area (Å²) in [6, 6.07) is 10.8. The summed E-state index contributed by atoms with van der Waals surface area (Å²) >= 11 is 5.93. The minimum atomic E-state index is -3.68. The smallest absolute Gasteiger partial charge is 0.207 e. The third-order valence-electron chi connectivity index (χ3n) is 3.17. The van der Waals surface area contributed by atoms with Gasteiger partial charge >= 0.3 is 0 Å². The van der Waals surface area contributed by atoms with Crippen LogP contribution in [0.2, 0.25) is 5.02 Å². The van der Waals surface area contributed by atoms with E-state index in [1.807, 2.05) is 6.92 Å². The van der Waals surface area contributed by atoms with Crippen LogP contribution in [0.5, 0.6) is 0 Å². The summed E-state index contributed by atoms with van der Waals surface area (Å²) in [5, 5.41) is 0.209. The number of hydrogen-bond donors (Lipinski definition) is 0. The van der Waals surface area contributed by atoms with Gasteiger partial charge in [0.15, 0.2) is 0 Å². The van der Waals surface area contributed by atoms with Crippen molar-refractivity contribution in [1.82, 2.24) is 4.31 Å². The molecule has 0 fully saturated rings. The maximum Gasteiger partial charge on any atom is 0.243 e. The molecule has 112 valence electrons. The fraction of sp³-hybridized carbons (Fsp3) is 0.200. The van der Waals surface area contributed by atoms with Crippen molar-refractivity contribution in [3.63, 3.8) is 0 Å². The second-order valence-corrected chi connectivity index (χ2v) is 7.23. The van der Waals surface area contributed by atoms with E-state index in [4.69, 9.17) is 11.6 Å². The number of rotatable bonds is 4. The summed E-state index contributed by atoms with van der Waals surface area (Å²) in [5.74, 6) is -0.520. The zero-order valence-corrected chi connectivity index (χ0v) is 13.2. The molecule has 0 saturated heterocycles. The van der Waals surface area contributed by atoms with Gasteiger partial charge in [-0.15, -0.1) is 0 Å². The molecule has 0 saturated carbocycles. The van der Waals surface area contributed by atoms with Gasteiger partial charge in [0, 0.05) is 24.2 Å². The lowest BCUT2D eigenvalue weighted by atomic mass is 10.2. The van der Waals surface area contributed by atoms with E-state index in [2.05, 4.69) is 0 Å². The van der Waals surface area contributed by atoms with Crippen molar-refractivity contribution in [2.75, 3.05) is 7.05 Å². The van der Waals surface area contributed by atoms with E-state index in [9.17, 15) is 12.8 Å². The summed E-state index contributed by atoms with van der Waals surface area (Å²) in [5.41, 5.74) is 1.13. The minimum Gasteiger partial charge on any atom is -0.207 e. The highest BCUT2D eigenvalue weighted by molar-refractivity contribution is 7.89. The largest absolute Gasteiger partial charge is 0.243 e. The predicted octanol–water partition coefficient (Wildman–Crippen LogP) is 3.61. The molecule has 0 aromatic heterocycles. The minimum absolute atomic E-state index is 0.123. The molecular formula is C15H15ClFNO2S. The fourth-order valence-corrected chi connectivity index (χ4v) is 3.24. The van der Waals surface area contributed by atoms with Crippen LogP contribution in [0, 0.1) is 12.7 Å². The first-order chi connectivity index (χ1) is 9.82. The Kier molecular flexibility index (Phi) is 4.66. The summed E-state index contributed by atoms with van der Waals surface area (Å²) in [6.45, 7) is 1.75. The molecule has 0 aliphatic carbocycles. The van der Waals surface area contributed by atoms with Crippen molar-refractivity contribution >= 4 is 21.6 Å². The highest BCUT2D eigenvalue weighted by atomic mass is 35.5. The van der Waals surface area contributed by atoms with E-state index in [-0.39, 0.29) is 22.0 Å². The first-order valence-electron chi connectivity index (χ1n) is 6.28. The van der Waals surface area contributed by atoms with Gasteiger partial charge in [-0.3, -0.25) is 0 Å². The summed E-state index contributed by atoms with van der Waals surface area (Å²) in [7, 11) is -2.28. The molecule has 2 rings (SSSR count). The Morgan fingerprint density at radius 2 is 1.76 bits per heavy atom. The van der Waals surface area contributed by atoms with Gasteiger partial charge in [-0.1, -0.05) is 35.4 Å². The van der Waals surface area contributed by atoms with Crippen molar-refractivity contribution in [2.45, 2.75) is 18.4 Å². The number of benzene rings is 2. The SMILES string of the molecule is Cc1ccc(S(=O)(=O)N(C)Cc2c(F)cccc2Cl)cc1. The van der Waals surface area contributed by atoms with Gasteiger partial charge in [0.1, 0.15) is 5.82 Å². The molecule has 0 aliphatic rings. The molecule has 0 heterocycles. The van der Waals surface area contributed by atoms with Crippen LogP contribution in [-0.4, -0.2) is 19.8 Å². The van der Waals surface area contributed by atoms with Gasteiger partial charge in [0.05, 0.1) is 4.90 Å². The monoisotopic (exact) mass is 327 g/mol. The fourth-order valence-electron chi connectivity index (χ4n) is 1.88. The normalized spacial score (nSPS) is 11.9. The van der Waals surface area contributed by atoms with Gasteiger partial charge < -0.3 is 0 Å². The Hall–Kier alpha value is -1.43. The Morgan fingerprint density at radius 3 is 2.33 bits per heavy atom. The van der Waals surface area contributed by atoms with Gasteiger partial charge in [0.25, 0.3) is 0 Å². The van der Waals surface area contributed by atoms with Crippen LogP contribution in [0.25, 0.3) is 0 Å². The molecule has 0 unspecified atom stereocenters. The van der Waals surface area contributed by atoms with Crippen LogP contribution >= 0.6 is 11.6 Å². The van der Waals surface area contributed by atoms with Crippen LogP contribution in [0.15, 0.2) is 47.4 Å². The van der Waals surface area contributed by atoms with Crippen LogP contribution in [0.4, 0.5) is 4.39 Å². The lowest BCUT2D eigenvalue weighted by Gasteiger charge is -2.18. The van der Waals surface area contributed by atoms with Crippen LogP contribution in [-0.2, 0) is 16.6 Å². The first kappa shape index (κ1) is 15.9. The van der Waals surface area contributed by atoms with Gasteiger partial charge in [-0.2, -0.15) is 4.31 Å². The third-order valence-corrected chi connectivity index (χ3v) is 5.34. The van der Waals surface area contributed by atoms with E-state index >= 15 is 0 Å². The standard InChI is InChI=1S/C15H15ClFNO2S/c1-11-6-8-12(9-7-11)21(19,20)18(2)10-13-14(16)4-3-5-15(13)17/h3-9H,10H2,1-2H3. The molecule has 2 aromatic carbocycles. The van der Waals surface area contributed by atoms with Crippen molar-refractivity contribution in [3.05, 3.63) is 64.4 Å². The van der Waals surface area contributed by atoms with Crippen molar-refractivity contribution in [3.8, 4) is 0 Å². The van der Waals surface area contributed by atoms with E-state index in [1.54, 1.807) is 12.1 Å². The Morgan fingerprint density at radius 1 is 1.14 bits per heavy atom. The number of aryl methyl sites for hydroxylation is 1. The highest BCUT2D eigenvalue weighted by Crippen LogP contribution is 2.23. The van der Waals surface area contributed by atoms with Gasteiger partial charge in [-0.25, -0.2) is 12.8 Å². The lowest BCUT2D eigenvalue weighted by Crippen LogP contribution is -2.27. The number of nitrogens with zero attached hydrogens (tertiary/aromatic N) is 1. The zero-order chi connectivity index (χ0) is 15.6. The molecule has 0 aliphatic heterocycles. The lowest BCUT2D eigenvalue weighted by molar-refractivity contribution is 0.456. The van der Waals surface area contributed by atoms with Crippen LogP contribution in [0.1, 0.15) is 11.1 Å². The van der Waals surface area contributed by atoms with E-state index in [1.165, 1.54) is 37.4 Å². The topological polar surface area (TPSA) is 37.4 Å². The van der Waals surface area contributed by atoms with Gasteiger partial charge in [0.2, 0.25) is 10.0 Å². The Balaban J connectivity index is 2.31. The molecular weight excluding hydrogens is 313 g/mol. The summed E-state index contributed by atoms with van der Waals surface area (Å²) in [4.78, 5) is 0.170. The summed E-state index contributed by atoms with van der Waals surface area (Å²) in [6.07, 6.45) is 0. The zero-order valence-electron chi connectivity index (χ0n) is 11.7. The van der Waals surface area contributed by atoms with Gasteiger partial charge in [-0.05, 0) is 31.2 Å². The van der Waals surface area contributed by atoms with E-state index < -0.39 is 15.8 Å². The Bertz CT molecular complexity index is 725. The number of sulfonamides is 1. The van der Waals surface area contributed by atoms with E-state index in [0.717, 1.165) is 9.87 Å². The molecule has 0 atom stereocenters. The average molecular weight is 328 g/mol. The molecule has 0 amide bonds. The van der Waals surface area contributed by atoms with Crippen molar-refractivity contribution < 1.29 is 12.8 Å². The average Bonchev–Trinajstić information content (AvgIpc) is 2.43. The molecule has 0 N–H and O–H groups in total. The maximum absolute atomic E-state index is 13.7. The first-order valence-corrected chi connectivity index (χ1v) is 8.10. The molecule has 0 bridgehead atoms. The molecule has 6 heteroatoms. The van der Waals surface area contributed by atoms with Crippen LogP contribution < -0.4 is 0 Å². The second-order valence-electron chi connectivity index (χ2n) is 4.77. The molecule has 0 radical (unpaired) electrons. The quantitative estimate of drug-likeness (QED) is 0.860. The number of halogens is 2. The third kappa shape index (κ3) is 3.43. The van der Waals surface area contributed by atoms with Crippen LogP contribution in [0.3, 0.4) is 0 Å². The number of hydrogen-bond acceptors (Lipinski definition) is 2. The molecule has 3 nitrogen and oxygen atoms in total. The second kappa shape index (κ2) is 6.13. The summed E-state index contributed by atoms with van der Waals surface area (Å²) < 4.78 is 39.7. The molecule has 2 aromatic rings.